The summed E-state index contributed by atoms with van der Waals surface area (Å²) in [7, 11) is 1.44. The van der Waals surface area contributed by atoms with Gasteiger partial charge in [-0.3, -0.25) is 15.0 Å². The van der Waals surface area contributed by atoms with E-state index in [1.54, 1.807) is 54.6 Å². The van der Waals surface area contributed by atoms with E-state index in [-0.39, 0.29) is 24.5 Å². The fraction of sp³-hybridized carbons (Fsp3) is 0.211. The Labute approximate surface area is 294 Å². The van der Waals surface area contributed by atoms with Gasteiger partial charge in [-0.1, -0.05) is 88.2 Å². The summed E-state index contributed by atoms with van der Waals surface area (Å²) in [4.78, 5) is 58.2. The van der Waals surface area contributed by atoms with Gasteiger partial charge in [0.15, 0.2) is 11.5 Å². The summed E-state index contributed by atoms with van der Waals surface area (Å²) < 4.78 is 10.1. The number of amides is 2. The highest BCUT2D eigenvalue weighted by Gasteiger charge is 2.69. The minimum atomic E-state index is -1.56. The molecule has 4 unspecified atom stereocenters. The molecule has 1 saturated heterocycles. The summed E-state index contributed by atoms with van der Waals surface area (Å²) >= 11 is 3.56. The zero-order valence-corrected chi connectivity index (χ0v) is 28.7. The molecule has 5 aromatic rings. The first-order chi connectivity index (χ1) is 24.2. The number of aryl methyl sites for hydroxylation is 1. The van der Waals surface area contributed by atoms with Crippen molar-refractivity contribution in [3.63, 3.8) is 0 Å². The molecule has 50 heavy (non-hydrogen) atoms. The molecule has 3 heterocycles. The number of hydrazine groups is 1. The van der Waals surface area contributed by atoms with Gasteiger partial charge < -0.3 is 9.84 Å². The number of nitrogens with one attached hydrogen (secondary N) is 1. The molecule has 2 N–H and O–H groups in total. The van der Waals surface area contributed by atoms with E-state index < -0.39 is 46.5 Å². The number of rotatable bonds is 6. The van der Waals surface area contributed by atoms with Crippen molar-refractivity contribution in [1.29, 1.82) is 0 Å². The maximum absolute atomic E-state index is 15.3. The first kappa shape index (κ1) is 31.6. The van der Waals surface area contributed by atoms with Gasteiger partial charge in [0.25, 0.3) is 11.8 Å². The number of hydrogen-bond acceptors (Lipinski definition) is 7. The number of nitrogens with zero attached hydrogens (tertiary/aromatic N) is 4. The average molecular weight is 735 g/mol. The molecule has 1 saturated carbocycles. The predicted molar refractivity (Wildman–Crippen MR) is 189 cm³/mol. The van der Waals surface area contributed by atoms with Crippen LogP contribution in [0, 0.1) is 12.8 Å². The number of imide groups is 1. The van der Waals surface area contributed by atoms with Crippen molar-refractivity contribution in [2.75, 3.05) is 12.5 Å². The zero-order chi connectivity index (χ0) is 34.9. The molecule has 252 valence electrons. The molecule has 4 aromatic carbocycles. The number of carbonyl (C=O) groups excluding carboxylic acids is 2. The topological polar surface area (TPSA) is 128 Å². The highest BCUT2D eigenvalue weighted by molar-refractivity contribution is 9.10. The van der Waals surface area contributed by atoms with Crippen LogP contribution in [0.3, 0.4) is 0 Å². The van der Waals surface area contributed by atoms with E-state index in [1.165, 1.54) is 16.5 Å². The molecule has 8 rings (SSSR count). The van der Waals surface area contributed by atoms with Crippen molar-refractivity contribution in [3.05, 3.63) is 151 Å². The van der Waals surface area contributed by atoms with Crippen LogP contribution in [0.2, 0.25) is 0 Å². The van der Waals surface area contributed by atoms with Gasteiger partial charge in [-0.2, -0.15) is 5.01 Å². The third kappa shape index (κ3) is 4.47. The summed E-state index contributed by atoms with van der Waals surface area (Å²) in [5.41, 5.74) is 3.96. The molecule has 0 spiro atoms. The van der Waals surface area contributed by atoms with Crippen LogP contribution in [-0.2, 0) is 21.5 Å². The first-order valence-corrected chi connectivity index (χ1v) is 17.0. The van der Waals surface area contributed by atoms with Crippen molar-refractivity contribution in [3.8, 4) is 17.2 Å². The number of aromatic nitrogens is 3. The van der Waals surface area contributed by atoms with Crippen LogP contribution < -0.4 is 21.5 Å². The number of benzene rings is 4. The van der Waals surface area contributed by atoms with Gasteiger partial charge in [0.2, 0.25) is 0 Å². The van der Waals surface area contributed by atoms with E-state index in [1.807, 2.05) is 55.5 Å². The third-order valence-electron chi connectivity index (χ3n) is 10.3. The predicted octanol–water partition coefficient (Wildman–Crippen LogP) is 5.20. The molecule has 2 amide bonds. The Morgan fingerprint density at radius 2 is 1.58 bits per heavy atom. The fourth-order valence-electron chi connectivity index (χ4n) is 8.12. The Bertz CT molecular complexity index is 2330. The lowest BCUT2D eigenvalue weighted by molar-refractivity contribution is -0.138. The van der Waals surface area contributed by atoms with E-state index in [9.17, 15) is 19.5 Å². The second-order valence-corrected chi connectivity index (χ2v) is 13.8. The number of anilines is 1. The standard InChI is InChI=1S/C38H32BrN5O6/c1-22-13-15-25(16-14-22)40-43-34(46)29-21-30-27(17-18-41-36(48)42(37(49)44(30)41)26-11-7-4-8-12-26)32(28-19-24(39)20-31(50-2)33(28)45)38(29,35(43)47)23-9-5-3-6-10-23/h3-17,19-20,29-30,32,40,45H,18,21H2,1-2H3. The van der Waals surface area contributed by atoms with Gasteiger partial charge in [0.05, 0.1) is 42.4 Å². The Kier molecular flexibility index (Phi) is 7.44. The molecule has 2 fully saturated rings. The SMILES string of the molecule is COc1cc(Br)cc(C2C3=CCn4c(=O)n(-c5ccccc5)c(=O)n4C3CC3C(=O)N(Nc4ccc(C)cc4)C(=O)C32c2ccccc2)c1O. The van der Waals surface area contributed by atoms with E-state index >= 15 is 4.79 Å². The lowest BCUT2D eigenvalue weighted by Crippen LogP contribution is -2.53. The summed E-state index contributed by atoms with van der Waals surface area (Å²) in [6.45, 7) is 1.98. The third-order valence-corrected chi connectivity index (χ3v) is 10.7. The number of phenolic OH excluding ortho intramolecular Hbond substituents is 1. The van der Waals surface area contributed by atoms with Crippen LogP contribution in [0.15, 0.2) is 123 Å². The molecule has 1 aliphatic carbocycles. The van der Waals surface area contributed by atoms with Crippen molar-refractivity contribution in [2.45, 2.75) is 37.3 Å². The number of aromatic hydroxyl groups is 1. The minimum Gasteiger partial charge on any atom is -0.504 e. The normalized spacial score (nSPS) is 22.4. The van der Waals surface area contributed by atoms with E-state index in [2.05, 4.69) is 21.4 Å². The summed E-state index contributed by atoms with van der Waals surface area (Å²) in [6.07, 6.45) is 1.89. The average Bonchev–Trinajstić information content (AvgIpc) is 3.51. The number of para-hydroxylation sites is 1. The Hall–Kier alpha value is -5.62. The number of fused-ring (bicyclic) bond motifs is 4. The largest absolute Gasteiger partial charge is 0.504 e. The quantitative estimate of drug-likeness (QED) is 0.181. The fourth-order valence-corrected chi connectivity index (χ4v) is 8.58. The summed E-state index contributed by atoms with van der Waals surface area (Å²) in [5.74, 6) is -2.99. The maximum atomic E-state index is 15.3. The van der Waals surface area contributed by atoms with Gasteiger partial charge >= 0.3 is 11.4 Å². The first-order valence-electron chi connectivity index (χ1n) is 16.2. The van der Waals surface area contributed by atoms with Gasteiger partial charge in [-0.25, -0.2) is 23.5 Å². The number of halogens is 1. The van der Waals surface area contributed by atoms with Crippen LogP contribution in [0.1, 0.15) is 35.1 Å². The van der Waals surface area contributed by atoms with Crippen LogP contribution in [-0.4, -0.2) is 43.0 Å². The lowest BCUT2D eigenvalue weighted by Gasteiger charge is -2.49. The molecule has 1 aromatic heterocycles. The van der Waals surface area contributed by atoms with Crippen LogP contribution >= 0.6 is 15.9 Å². The minimum absolute atomic E-state index is 0.0329. The smallest absolute Gasteiger partial charge is 0.352 e. The van der Waals surface area contributed by atoms with Crippen molar-refractivity contribution in [1.82, 2.24) is 18.9 Å². The van der Waals surface area contributed by atoms with Gasteiger partial charge in [-0.15, -0.1) is 0 Å². The highest BCUT2D eigenvalue weighted by Crippen LogP contribution is 2.63. The van der Waals surface area contributed by atoms with E-state index in [4.69, 9.17) is 4.74 Å². The number of hydrogen-bond donors (Lipinski definition) is 2. The second kappa shape index (κ2) is 11.8. The van der Waals surface area contributed by atoms with Crippen LogP contribution in [0.25, 0.3) is 5.69 Å². The Morgan fingerprint density at radius 1 is 0.900 bits per heavy atom. The molecule has 2 aliphatic heterocycles. The molecular formula is C38H32BrN5O6. The van der Waals surface area contributed by atoms with Crippen molar-refractivity contribution < 1.29 is 19.4 Å². The Morgan fingerprint density at radius 3 is 2.26 bits per heavy atom. The van der Waals surface area contributed by atoms with Crippen LogP contribution in [0.4, 0.5) is 5.69 Å². The number of carbonyl (C=O) groups is 2. The summed E-state index contributed by atoms with van der Waals surface area (Å²) in [5, 5.41) is 12.9. The second-order valence-electron chi connectivity index (χ2n) is 12.8. The molecule has 0 radical (unpaired) electrons. The molecule has 12 heteroatoms. The molecule has 3 aliphatic rings. The monoisotopic (exact) mass is 733 g/mol. The van der Waals surface area contributed by atoms with Gasteiger partial charge in [0.1, 0.15) is 0 Å². The number of ether oxygens (including phenoxy) is 1. The van der Waals surface area contributed by atoms with E-state index in [0.29, 0.717) is 32.5 Å². The van der Waals surface area contributed by atoms with Crippen molar-refractivity contribution in [2.24, 2.45) is 5.92 Å². The maximum Gasteiger partial charge on any atom is 0.352 e. The van der Waals surface area contributed by atoms with E-state index in [0.717, 1.165) is 15.1 Å². The summed E-state index contributed by atoms with van der Waals surface area (Å²) in [6, 6.07) is 27.7. The number of allylic oxidation sites excluding steroid dienone is 2. The van der Waals surface area contributed by atoms with Gasteiger partial charge in [-0.05, 0) is 60.9 Å². The van der Waals surface area contributed by atoms with Crippen LogP contribution in [0.5, 0.6) is 11.5 Å². The molecule has 0 bridgehead atoms. The zero-order valence-electron chi connectivity index (χ0n) is 27.1. The lowest BCUT2D eigenvalue weighted by atomic mass is 9.53. The number of methoxy groups -OCH3 is 1. The number of phenols is 1. The molecular weight excluding hydrogens is 702 g/mol. The molecule has 11 nitrogen and oxygen atoms in total. The molecule has 4 atom stereocenters. The van der Waals surface area contributed by atoms with Crippen molar-refractivity contribution >= 4 is 33.4 Å². The Balaban J connectivity index is 1.41. The van der Waals surface area contributed by atoms with Gasteiger partial charge in [0, 0.05) is 16.0 Å². The highest BCUT2D eigenvalue weighted by atomic mass is 79.9.